The van der Waals surface area contributed by atoms with Crippen LogP contribution in [0.15, 0.2) is 42.5 Å². The third-order valence-corrected chi connectivity index (χ3v) is 4.43. The van der Waals surface area contributed by atoms with E-state index in [0.29, 0.717) is 11.4 Å². The molecular weight excluding hydrogens is 388 g/mol. The van der Waals surface area contributed by atoms with Gasteiger partial charge in [0.2, 0.25) is 5.91 Å². The zero-order valence-electron chi connectivity index (χ0n) is 17.6. The van der Waals surface area contributed by atoms with Crippen molar-refractivity contribution < 1.29 is 28.6 Å². The Bertz CT molecular complexity index is 912. The number of methoxy groups -OCH3 is 2. The number of anilines is 1. The summed E-state index contributed by atoms with van der Waals surface area (Å²) in [5, 5.41) is 2.79. The molecule has 30 heavy (non-hydrogen) atoms. The summed E-state index contributed by atoms with van der Waals surface area (Å²) in [6, 6.07) is 12.1. The van der Waals surface area contributed by atoms with Crippen LogP contribution < -0.4 is 14.8 Å². The van der Waals surface area contributed by atoms with Crippen LogP contribution in [-0.2, 0) is 20.7 Å². The molecule has 0 aromatic heterocycles. The number of carbonyl (C=O) groups excluding carboxylic acids is 3. The molecular formula is C22H26N2O6. The van der Waals surface area contributed by atoms with Gasteiger partial charge in [-0.3, -0.25) is 9.59 Å². The molecule has 0 saturated carbocycles. The van der Waals surface area contributed by atoms with Gasteiger partial charge in [-0.2, -0.15) is 0 Å². The van der Waals surface area contributed by atoms with E-state index in [-0.39, 0.29) is 23.8 Å². The minimum atomic E-state index is -0.711. The first kappa shape index (κ1) is 22.7. The maximum Gasteiger partial charge on any atom is 0.342 e. The Balaban J connectivity index is 1.90. The molecule has 0 atom stereocenters. The van der Waals surface area contributed by atoms with Crippen molar-refractivity contribution in [1.82, 2.24) is 4.90 Å². The van der Waals surface area contributed by atoms with Gasteiger partial charge in [0.25, 0.3) is 5.91 Å². The number of para-hydroxylation sites is 1. The first-order chi connectivity index (χ1) is 14.4. The fraction of sp³-hybridized carbons (Fsp3) is 0.318. The molecule has 2 amide bonds. The van der Waals surface area contributed by atoms with Crippen LogP contribution in [0.2, 0.25) is 0 Å². The van der Waals surface area contributed by atoms with E-state index >= 15 is 0 Å². The first-order valence-corrected chi connectivity index (χ1v) is 9.40. The zero-order chi connectivity index (χ0) is 22.1. The van der Waals surface area contributed by atoms with Crippen molar-refractivity contribution in [2.75, 3.05) is 39.7 Å². The molecule has 0 aliphatic carbocycles. The topological polar surface area (TPSA) is 94.2 Å². The average Bonchev–Trinajstić information content (AvgIpc) is 2.76. The van der Waals surface area contributed by atoms with Gasteiger partial charge in [0.15, 0.2) is 6.61 Å². The molecule has 0 fully saturated rings. The van der Waals surface area contributed by atoms with E-state index in [4.69, 9.17) is 14.2 Å². The van der Waals surface area contributed by atoms with Gasteiger partial charge >= 0.3 is 5.97 Å². The normalized spacial score (nSPS) is 10.1. The van der Waals surface area contributed by atoms with E-state index in [9.17, 15) is 14.4 Å². The van der Waals surface area contributed by atoms with E-state index in [1.165, 1.54) is 32.2 Å². The average molecular weight is 414 g/mol. The van der Waals surface area contributed by atoms with Crippen molar-refractivity contribution in [1.29, 1.82) is 0 Å². The smallest absolute Gasteiger partial charge is 0.342 e. The number of hydrogen-bond acceptors (Lipinski definition) is 6. The number of ether oxygens (including phenoxy) is 3. The van der Waals surface area contributed by atoms with E-state index in [1.54, 1.807) is 12.1 Å². The van der Waals surface area contributed by atoms with Gasteiger partial charge in [-0.15, -0.1) is 0 Å². The molecule has 1 N–H and O–H groups in total. The number of amides is 2. The highest BCUT2D eigenvalue weighted by molar-refractivity contribution is 5.96. The number of rotatable bonds is 9. The van der Waals surface area contributed by atoms with Crippen LogP contribution >= 0.6 is 0 Å². The Kier molecular flexibility index (Phi) is 8.22. The Morgan fingerprint density at radius 1 is 1.03 bits per heavy atom. The van der Waals surface area contributed by atoms with Crippen molar-refractivity contribution in [3.05, 3.63) is 53.6 Å². The lowest BCUT2D eigenvalue weighted by molar-refractivity contribution is -0.136. The molecule has 0 bridgehead atoms. The molecule has 8 nitrogen and oxygen atoms in total. The molecule has 2 rings (SSSR count). The highest BCUT2D eigenvalue weighted by Gasteiger charge is 2.19. The number of aryl methyl sites for hydroxylation is 1. The summed E-state index contributed by atoms with van der Waals surface area (Å²) in [5.74, 6) is -0.758. The van der Waals surface area contributed by atoms with Gasteiger partial charge in [-0.1, -0.05) is 25.1 Å². The highest BCUT2D eigenvalue weighted by Crippen LogP contribution is 2.25. The van der Waals surface area contributed by atoms with Crippen LogP contribution in [0.5, 0.6) is 11.5 Å². The highest BCUT2D eigenvalue weighted by atomic mass is 16.5. The van der Waals surface area contributed by atoms with E-state index < -0.39 is 18.5 Å². The zero-order valence-corrected chi connectivity index (χ0v) is 17.6. The molecule has 0 heterocycles. The second-order valence-corrected chi connectivity index (χ2v) is 6.45. The standard InChI is InChI=1S/C22H26N2O6/c1-5-15-8-6-7-9-18(15)23-20(25)13-24(2)21(26)14-30-22(27)17-11-10-16(28-3)12-19(17)29-4/h6-12H,5,13-14H2,1-4H3,(H,23,25). The fourth-order valence-corrected chi connectivity index (χ4v) is 2.73. The molecule has 0 unspecified atom stereocenters. The van der Waals surface area contributed by atoms with Gasteiger partial charge in [0.1, 0.15) is 17.1 Å². The monoisotopic (exact) mass is 414 g/mol. The third kappa shape index (κ3) is 5.97. The lowest BCUT2D eigenvalue weighted by atomic mass is 10.1. The van der Waals surface area contributed by atoms with Gasteiger partial charge in [-0.25, -0.2) is 4.79 Å². The van der Waals surface area contributed by atoms with E-state index in [1.807, 2.05) is 31.2 Å². The first-order valence-electron chi connectivity index (χ1n) is 9.40. The Morgan fingerprint density at radius 2 is 1.77 bits per heavy atom. The maximum absolute atomic E-state index is 12.3. The van der Waals surface area contributed by atoms with Crippen molar-refractivity contribution in [2.45, 2.75) is 13.3 Å². The lowest BCUT2D eigenvalue weighted by Gasteiger charge is -2.18. The van der Waals surface area contributed by atoms with E-state index in [2.05, 4.69) is 5.32 Å². The molecule has 0 spiro atoms. The van der Waals surface area contributed by atoms with Crippen molar-refractivity contribution in [2.24, 2.45) is 0 Å². The summed E-state index contributed by atoms with van der Waals surface area (Å²) in [5.41, 5.74) is 1.88. The summed E-state index contributed by atoms with van der Waals surface area (Å²) >= 11 is 0. The van der Waals surface area contributed by atoms with Crippen LogP contribution in [0.4, 0.5) is 5.69 Å². The molecule has 2 aromatic carbocycles. The number of benzene rings is 2. The molecule has 2 aromatic rings. The molecule has 0 aliphatic heterocycles. The lowest BCUT2D eigenvalue weighted by Crippen LogP contribution is -2.37. The summed E-state index contributed by atoms with van der Waals surface area (Å²) in [7, 11) is 4.38. The predicted octanol–water partition coefficient (Wildman–Crippen LogP) is 2.52. The second-order valence-electron chi connectivity index (χ2n) is 6.45. The third-order valence-electron chi connectivity index (χ3n) is 4.43. The number of likely N-dealkylation sites (N-methyl/N-ethyl adjacent to an activating group) is 1. The van der Waals surface area contributed by atoms with Crippen LogP contribution in [0.25, 0.3) is 0 Å². The largest absolute Gasteiger partial charge is 0.497 e. The quantitative estimate of drug-likeness (QED) is 0.634. The maximum atomic E-state index is 12.3. The SMILES string of the molecule is CCc1ccccc1NC(=O)CN(C)C(=O)COC(=O)c1ccc(OC)cc1OC. The fourth-order valence-electron chi connectivity index (χ4n) is 2.73. The van der Waals surface area contributed by atoms with E-state index in [0.717, 1.165) is 12.0 Å². The summed E-state index contributed by atoms with van der Waals surface area (Å²) in [6.45, 7) is 1.33. The predicted molar refractivity (Wildman–Crippen MR) is 112 cm³/mol. The Labute approximate surface area is 175 Å². The summed E-state index contributed by atoms with van der Waals surface area (Å²) < 4.78 is 15.3. The van der Waals surface area contributed by atoms with Crippen LogP contribution in [-0.4, -0.2) is 57.1 Å². The molecule has 0 aliphatic rings. The molecule has 8 heteroatoms. The van der Waals surface area contributed by atoms with Crippen molar-refractivity contribution >= 4 is 23.5 Å². The second kappa shape index (κ2) is 10.8. The minimum absolute atomic E-state index is 0.166. The summed E-state index contributed by atoms with van der Waals surface area (Å²) in [4.78, 5) is 38.0. The van der Waals surface area contributed by atoms with Crippen LogP contribution in [0, 0.1) is 0 Å². The number of carbonyl (C=O) groups is 3. The summed E-state index contributed by atoms with van der Waals surface area (Å²) in [6.07, 6.45) is 0.774. The van der Waals surface area contributed by atoms with Gasteiger partial charge in [0, 0.05) is 18.8 Å². The van der Waals surface area contributed by atoms with Crippen LogP contribution in [0.3, 0.4) is 0 Å². The number of esters is 1. The van der Waals surface area contributed by atoms with Crippen molar-refractivity contribution in [3.63, 3.8) is 0 Å². The van der Waals surface area contributed by atoms with Gasteiger partial charge < -0.3 is 24.4 Å². The van der Waals surface area contributed by atoms with Crippen molar-refractivity contribution in [3.8, 4) is 11.5 Å². The number of hydrogen-bond donors (Lipinski definition) is 1. The number of nitrogens with zero attached hydrogens (tertiary/aromatic N) is 1. The molecule has 0 radical (unpaired) electrons. The minimum Gasteiger partial charge on any atom is -0.497 e. The Hall–Kier alpha value is -3.55. The van der Waals surface area contributed by atoms with Crippen LogP contribution in [0.1, 0.15) is 22.8 Å². The Morgan fingerprint density at radius 3 is 2.43 bits per heavy atom. The molecule has 0 saturated heterocycles. The van der Waals surface area contributed by atoms with Gasteiger partial charge in [0.05, 0.1) is 20.8 Å². The van der Waals surface area contributed by atoms with Gasteiger partial charge in [-0.05, 0) is 30.2 Å². The number of nitrogens with one attached hydrogen (secondary N) is 1. The molecule has 160 valence electrons.